The number of carbonyl (C=O) groups excluding carboxylic acids is 1. The molecule has 30 heavy (non-hydrogen) atoms. The van der Waals surface area contributed by atoms with E-state index < -0.39 is 0 Å². The first-order valence-corrected chi connectivity index (χ1v) is 10.7. The van der Waals surface area contributed by atoms with Crippen molar-refractivity contribution in [1.82, 2.24) is 20.2 Å². The first kappa shape index (κ1) is 21.7. The van der Waals surface area contributed by atoms with Gasteiger partial charge in [-0.1, -0.05) is 60.3 Å². The van der Waals surface area contributed by atoms with E-state index in [9.17, 15) is 4.79 Å². The molecule has 0 radical (unpaired) electrons. The lowest BCUT2D eigenvalue weighted by Gasteiger charge is -2.13. The summed E-state index contributed by atoms with van der Waals surface area (Å²) in [5.74, 6) is 7.38. The van der Waals surface area contributed by atoms with Gasteiger partial charge in [-0.25, -0.2) is 4.68 Å². The molecule has 3 N–H and O–H groups in total. The van der Waals surface area contributed by atoms with E-state index in [4.69, 9.17) is 10.6 Å². The van der Waals surface area contributed by atoms with Gasteiger partial charge in [0.1, 0.15) is 12.4 Å². The summed E-state index contributed by atoms with van der Waals surface area (Å²) in [5, 5.41) is 11.3. The van der Waals surface area contributed by atoms with Crippen molar-refractivity contribution >= 4 is 17.7 Å². The molecule has 1 aromatic heterocycles. The number of benzene rings is 2. The lowest BCUT2D eigenvalue weighted by Crippen LogP contribution is -2.32. The lowest BCUT2D eigenvalue weighted by molar-refractivity contribution is -0.120. The van der Waals surface area contributed by atoms with Crippen molar-refractivity contribution in [3.63, 3.8) is 0 Å². The van der Waals surface area contributed by atoms with Crippen LogP contribution in [0, 0.1) is 13.8 Å². The number of aryl methyl sites for hydroxylation is 2. The molecule has 158 valence electrons. The minimum absolute atomic E-state index is 0.0627. The Bertz CT molecular complexity index is 970. The second-order valence-corrected chi connectivity index (χ2v) is 8.37. The van der Waals surface area contributed by atoms with Crippen molar-refractivity contribution in [3.05, 3.63) is 71.0 Å². The maximum Gasteiger partial charge on any atom is 0.233 e. The summed E-state index contributed by atoms with van der Waals surface area (Å²) < 4.78 is 7.28. The fourth-order valence-corrected chi connectivity index (χ4v) is 3.79. The minimum Gasteiger partial charge on any atom is -0.485 e. The molecule has 1 unspecified atom stereocenters. The van der Waals surface area contributed by atoms with Gasteiger partial charge in [0.15, 0.2) is 5.82 Å². The molecule has 8 heteroatoms. The Balaban J connectivity index is 1.51. The van der Waals surface area contributed by atoms with Crippen LogP contribution in [0.4, 0.5) is 0 Å². The maximum atomic E-state index is 12.4. The quantitative estimate of drug-likeness (QED) is 0.404. The fraction of sp³-hybridized carbons (Fsp3) is 0.318. The van der Waals surface area contributed by atoms with Gasteiger partial charge in [0.05, 0.1) is 5.25 Å². The van der Waals surface area contributed by atoms with Crippen LogP contribution in [0.3, 0.4) is 0 Å². The topological polar surface area (TPSA) is 95.1 Å². The molecule has 3 aromatic rings. The van der Waals surface area contributed by atoms with Gasteiger partial charge in [-0.2, -0.15) is 0 Å². The average Bonchev–Trinajstić information content (AvgIpc) is 3.08. The molecule has 7 nitrogen and oxygen atoms in total. The zero-order chi connectivity index (χ0) is 21.5. The molecule has 0 bridgehead atoms. The number of carbonyl (C=O) groups is 1. The number of ether oxygens (including phenoxy) is 1. The molecule has 0 aliphatic rings. The predicted molar refractivity (Wildman–Crippen MR) is 119 cm³/mol. The number of hydrogen-bond donors (Lipinski definition) is 2. The molecular weight excluding hydrogens is 398 g/mol. The number of para-hydroxylation sites is 1. The van der Waals surface area contributed by atoms with Gasteiger partial charge >= 0.3 is 0 Å². The van der Waals surface area contributed by atoms with Crippen LogP contribution in [0.5, 0.6) is 5.75 Å². The Morgan fingerprint density at radius 1 is 1.13 bits per heavy atom. The summed E-state index contributed by atoms with van der Waals surface area (Å²) in [4.78, 5) is 12.4. The second kappa shape index (κ2) is 10.2. The fourth-order valence-electron chi connectivity index (χ4n) is 2.98. The van der Waals surface area contributed by atoms with Gasteiger partial charge in [0.25, 0.3) is 0 Å². The third-order valence-electron chi connectivity index (χ3n) is 4.70. The molecule has 3 rings (SSSR count). The van der Waals surface area contributed by atoms with Crippen LogP contribution in [-0.2, 0) is 17.8 Å². The van der Waals surface area contributed by atoms with E-state index in [1.54, 1.807) is 0 Å². The molecule has 1 heterocycles. The number of thioether (sulfide) groups is 1. The monoisotopic (exact) mass is 425 g/mol. The highest BCUT2D eigenvalue weighted by molar-refractivity contribution is 8.00. The van der Waals surface area contributed by atoms with Gasteiger partial charge in [-0.3, -0.25) is 4.79 Å². The number of rotatable bonds is 9. The van der Waals surface area contributed by atoms with Crippen LogP contribution < -0.4 is 15.9 Å². The number of aromatic nitrogens is 3. The Kier molecular flexibility index (Phi) is 7.35. The Labute approximate surface area is 181 Å². The first-order valence-electron chi connectivity index (χ1n) is 9.82. The number of nitrogens with one attached hydrogen (secondary N) is 1. The van der Waals surface area contributed by atoms with Crippen molar-refractivity contribution in [1.29, 1.82) is 0 Å². The molecule has 0 saturated heterocycles. The zero-order valence-corrected chi connectivity index (χ0v) is 18.3. The average molecular weight is 426 g/mol. The Morgan fingerprint density at radius 3 is 2.53 bits per heavy atom. The van der Waals surface area contributed by atoms with Crippen LogP contribution >= 0.6 is 11.8 Å². The summed E-state index contributed by atoms with van der Waals surface area (Å²) in [5.41, 5.74) is 3.29. The molecule has 1 amide bonds. The number of amides is 1. The highest BCUT2D eigenvalue weighted by atomic mass is 32.2. The van der Waals surface area contributed by atoms with E-state index >= 15 is 0 Å². The lowest BCUT2D eigenvalue weighted by atomic mass is 10.1. The van der Waals surface area contributed by atoms with Crippen LogP contribution in [-0.4, -0.2) is 32.6 Å². The summed E-state index contributed by atoms with van der Waals surface area (Å²) in [7, 11) is 0. The van der Waals surface area contributed by atoms with Crippen LogP contribution in [0.15, 0.2) is 53.7 Å². The standard InChI is InChI=1S/C22H27N5O2S/c1-15-8-7-9-16(2)20(15)29-14-19-25-26-22(27(19)23)30-17(3)21(28)24-13-12-18-10-5-4-6-11-18/h4-11,17H,12-14,23H2,1-3H3,(H,24,28). The van der Waals surface area contributed by atoms with Crippen molar-refractivity contribution in [3.8, 4) is 5.75 Å². The SMILES string of the molecule is Cc1cccc(C)c1OCc1nnc(SC(C)C(=O)NCCc2ccccc2)n1N. The van der Waals surface area contributed by atoms with Crippen LogP contribution in [0.1, 0.15) is 29.4 Å². The third kappa shape index (κ3) is 5.54. The van der Waals surface area contributed by atoms with Crippen molar-refractivity contribution in [2.75, 3.05) is 12.4 Å². The van der Waals surface area contributed by atoms with E-state index in [0.717, 1.165) is 23.3 Å². The molecule has 0 spiro atoms. The number of nitrogens with two attached hydrogens (primary N) is 1. The highest BCUT2D eigenvalue weighted by Gasteiger charge is 2.19. The van der Waals surface area contributed by atoms with Crippen molar-refractivity contribution in [2.45, 2.75) is 44.2 Å². The largest absolute Gasteiger partial charge is 0.485 e. The number of nitrogens with zero attached hydrogens (tertiary/aromatic N) is 3. The molecule has 0 aliphatic carbocycles. The summed E-state index contributed by atoms with van der Waals surface area (Å²) >= 11 is 1.27. The third-order valence-corrected chi connectivity index (χ3v) is 5.75. The zero-order valence-electron chi connectivity index (χ0n) is 17.5. The summed E-state index contributed by atoms with van der Waals surface area (Å²) in [6.07, 6.45) is 0.789. The van der Waals surface area contributed by atoms with E-state index in [1.165, 1.54) is 22.0 Å². The van der Waals surface area contributed by atoms with Gasteiger partial charge in [-0.15, -0.1) is 10.2 Å². The molecule has 0 fully saturated rings. The molecule has 0 aliphatic heterocycles. The van der Waals surface area contributed by atoms with E-state index in [2.05, 4.69) is 15.5 Å². The smallest absolute Gasteiger partial charge is 0.233 e. The highest BCUT2D eigenvalue weighted by Crippen LogP contribution is 2.24. The number of hydrogen-bond acceptors (Lipinski definition) is 6. The van der Waals surface area contributed by atoms with Crippen LogP contribution in [0.2, 0.25) is 0 Å². The predicted octanol–water partition coefficient (Wildman–Crippen LogP) is 3.03. The van der Waals surface area contributed by atoms with E-state index in [0.29, 0.717) is 17.5 Å². The van der Waals surface area contributed by atoms with Gasteiger partial charge in [0.2, 0.25) is 11.1 Å². The second-order valence-electron chi connectivity index (χ2n) is 7.07. The van der Waals surface area contributed by atoms with E-state index in [1.807, 2.05) is 69.3 Å². The van der Waals surface area contributed by atoms with Gasteiger partial charge in [0, 0.05) is 6.54 Å². The minimum atomic E-state index is -0.348. The van der Waals surface area contributed by atoms with Crippen molar-refractivity contribution < 1.29 is 9.53 Å². The first-order chi connectivity index (χ1) is 14.5. The molecule has 1 atom stereocenters. The van der Waals surface area contributed by atoms with E-state index in [-0.39, 0.29) is 17.8 Å². The maximum absolute atomic E-state index is 12.4. The summed E-state index contributed by atoms with van der Waals surface area (Å²) in [6, 6.07) is 16.0. The van der Waals surface area contributed by atoms with Crippen LogP contribution in [0.25, 0.3) is 0 Å². The Hall–Kier alpha value is -3.00. The molecule has 0 saturated carbocycles. The van der Waals surface area contributed by atoms with Crippen molar-refractivity contribution in [2.24, 2.45) is 0 Å². The number of nitrogen functional groups attached to an aromatic ring is 1. The molecule has 2 aromatic carbocycles. The summed E-state index contributed by atoms with van der Waals surface area (Å²) in [6.45, 7) is 6.60. The Morgan fingerprint density at radius 2 is 1.83 bits per heavy atom. The van der Waals surface area contributed by atoms with Gasteiger partial charge in [-0.05, 0) is 43.9 Å². The molecular formula is C22H27N5O2S. The normalized spacial score (nSPS) is 11.8. The van der Waals surface area contributed by atoms with Gasteiger partial charge < -0.3 is 15.9 Å².